The van der Waals surface area contributed by atoms with E-state index in [9.17, 15) is 15.0 Å². The quantitative estimate of drug-likeness (QED) is 0.695. The van der Waals surface area contributed by atoms with Crippen LogP contribution in [-0.4, -0.2) is 59.4 Å². The SMILES string of the molecule is CC(C)(O)C#Cc1ccc(C(=O)NCCN2CCCC(CO)C2)o1. The van der Waals surface area contributed by atoms with Crippen LogP contribution in [0.3, 0.4) is 0 Å². The molecule has 6 nitrogen and oxygen atoms in total. The zero-order chi connectivity index (χ0) is 17.6. The number of amides is 1. The molecule has 2 heterocycles. The normalized spacial score (nSPS) is 18.8. The van der Waals surface area contributed by atoms with E-state index >= 15 is 0 Å². The molecule has 1 amide bonds. The summed E-state index contributed by atoms with van der Waals surface area (Å²) in [6.07, 6.45) is 2.15. The van der Waals surface area contributed by atoms with Crippen LogP contribution in [0.4, 0.5) is 0 Å². The Hall–Kier alpha value is -1.81. The lowest BCUT2D eigenvalue weighted by Gasteiger charge is -2.31. The van der Waals surface area contributed by atoms with Crippen LogP contribution in [-0.2, 0) is 0 Å². The van der Waals surface area contributed by atoms with Crippen LogP contribution in [0.25, 0.3) is 0 Å². The molecular formula is C18H26N2O4. The van der Waals surface area contributed by atoms with Crippen molar-refractivity contribution >= 4 is 5.91 Å². The van der Waals surface area contributed by atoms with E-state index in [1.807, 2.05) is 0 Å². The summed E-state index contributed by atoms with van der Waals surface area (Å²) in [4.78, 5) is 14.3. The van der Waals surface area contributed by atoms with Gasteiger partial charge in [0.05, 0.1) is 0 Å². The minimum Gasteiger partial charge on any atom is -0.443 e. The molecule has 1 aliphatic rings. The fourth-order valence-corrected chi connectivity index (χ4v) is 2.66. The molecular weight excluding hydrogens is 308 g/mol. The summed E-state index contributed by atoms with van der Waals surface area (Å²) in [5, 5.41) is 21.6. The summed E-state index contributed by atoms with van der Waals surface area (Å²) in [6.45, 7) is 6.56. The first-order valence-corrected chi connectivity index (χ1v) is 8.34. The van der Waals surface area contributed by atoms with Crippen LogP contribution < -0.4 is 5.32 Å². The van der Waals surface area contributed by atoms with E-state index in [1.165, 1.54) is 0 Å². The van der Waals surface area contributed by atoms with Gasteiger partial charge in [-0.05, 0) is 57.2 Å². The third-order valence-corrected chi connectivity index (χ3v) is 3.90. The summed E-state index contributed by atoms with van der Waals surface area (Å²) < 4.78 is 5.37. The number of furan rings is 1. The van der Waals surface area contributed by atoms with Crippen LogP contribution >= 0.6 is 0 Å². The first-order chi connectivity index (χ1) is 11.4. The predicted octanol–water partition coefficient (Wildman–Crippen LogP) is 0.836. The van der Waals surface area contributed by atoms with Crippen molar-refractivity contribution in [1.82, 2.24) is 10.2 Å². The highest BCUT2D eigenvalue weighted by molar-refractivity contribution is 5.91. The molecule has 1 unspecified atom stereocenters. The molecule has 0 aliphatic carbocycles. The molecule has 0 bridgehead atoms. The monoisotopic (exact) mass is 334 g/mol. The second kappa shape index (κ2) is 8.34. The van der Waals surface area contributed by atoms with E-state index in [0.717, 1.165) is 32.5 Å². The minimum atomic E-state index is -1.10. The van der Waals surface area contributed by atoms with Crippen LogP contribution in [0.15, 0.2) is 16.5 Å². The fraction of sp³-hybridized carbons (Fsp3) is 0.611. The van der Waals surface area contributed by atoms with Crippen LogP contribution in [0.1, 0.15) is 43.0 Å². The second-order valence-corrected chi connectivity index (χ2v) is 6.72. The van der Waals surface area contributed by atoms with Gasteiger partial charge in [-0.3, -0.25) is 4.79 Å². The average molecular weight is 334 g/mol. The van der Waals surface area contributed by atoms with Crippen molar-refractivity contribution in [3.63, 3.8) is 0 Å². The Kier molecular flexibility index (Phi) is 6.44. The number of nitrogens with zero attached hydrogens (tertiary/aromatic N) is 1. The third kappa shape index (κ3) is 6.00. The minimum absolute atomic E-state index is 0.210. The molecule has 0 aromatic carbocycles. The third-order valence-electron chi connectivity index (χ3n) is 3.90. The van der Waals surface area contributed by atoms with Gasteiger partial charge in [-0.15, -0.1) is 0 Å². The summed E-state index contributed by atoms with van der Waals surface area (Å²) >= 11 is 0. The maximum atomic E-state index is 12.1. The molecule has 1 atom stereocenters. The summed E-state index contributed by atoms with van der Waals surface area (Å²) in [5.74, 6) is 5.97. The lowest BCUT2D eigenvalue weighted by molar-refractivity contribution is 0.0904. The van der Waals surface area contributed by atoms with Crippen molar-refractivity contribution in [1.29, 1.82) is 0 Å². The molecule has 1 fully saturated rings. The number of hydrogen-bond donors (Lipinski definition) is 3. The second-order valence-electron chi connectivity index (χ2n) is 6.72. The van der Waals surface area contributed by atoms with Gasteiger partial charge in [0, 0.05) is 26.2 Å². The van der Waals surface area contributed by atoms with Crippen molar-refractivity contribution in [2.24, 2.45) is 5.92 Å². The van der Waals surface area contributed by atoms with Crippen molar-refractivity contribution < 1.29 is 19.4 Å². The number of aliphatic hydroxyl groups excluding tert-OH is 1. The highest BCUT2D eigenvalue weighted by Crippen LogP contribution is 2.15. The van der Waals surface area contributed by atoms with Gasteiger partial charge in [0.15, 0.2) is 11.5 Å². The lowest BCUT2D eigenvalue weighted by atomic mass is 9.99. The molecule has 1 aromatic rings. The predicted molar refractivity (Wildman–Crippen MR) is 90.5 cm³/mol. The molecule has 0 spiro atoms. The molecule has 1 aromatic heterocycles. The number of hydrogen-bond acceptors (Lipinski definition) is 5. The number of rotatable bonds is 5. The Morgan fingerprint density at radius 1 is 1.50 bits per heavy atom. The number of aliphatic hydroxyl groups is 2. The smallest absolute Gasteiger partial charge is 0.287 e. The van der Waals surface area contributed by atoms with E-state index in [4.69, 9.17) is 4.42 Å². The Balaban J connectivity index is 1.78. The molecule has 6 heteroatoms. The number of carbonyl (C=O) groups is 1. The van der Waals surface area contributed by atoms with E-state index in [-0.39, 0.29) is 18.3 Å². The Morgan fingerprint density at radius 2 is 2.29 bits per heavy atom. The number of carbonyl (C=O) groups excluding carboxylic acids is 1. The van der Waals surface area contributed by atoms with Crippen molar-refractivity contribution in [3.8, 4) is 11.8 Å². The van der Waals surface area contributed by atoms with Gasteiger partial charge >= 0.3 is 0 Å². The summed E-state index contributed by atoms with van der Waals surface area (Å²) in [5.41, 5.74) is -1.10. The molecule has 24 heavy (non-hydrogen) atoms. The Labute approximate surface area is 142 Å². The van der Waals surface area contributed by atoms with Crippen molar-refractivity contribution in [2.75, 3.05) is 32.8 Å². The summed E-state index contributed by atoms with van der Waals surface area (Å²) in [7, 11) is 0. The van der Waals surface area contributed by atoms with E-state index in [2.05, 4.69) is 22.1 Å². The molecule has 1 saturated heterocycles. The van der Waals surface area contributed by atoms with Gasteiger partial charge in [0.1, 0.15) is 5.60 Å². The van der Waals surface area contributed by atoms with Gasteiger partial charge in [-0.1, -0.05) is 5.92 Å². The number of likely N-dealkylation sites (tertiary alicyclic amines) is 1. The Morgan fingerprint density at radius 3 is 3.00 bits per heavy atom. The first kappa shape index (κ1) is 18.5. The molecule has 1 aliphatic heterocycles. The topological polar surface area (TPSA) is 85.9 Å². The molecule has 2 rings (SSSR count). The number of nitrogens with one attached hydrogen (secondary N) is 1. The van der Waals surface area contributed by atoms with Crippen LogP contribution in [0.5, 0.6) is 0 Å². The van der Waals surface area contributed by atoms with Gasteiger partial charge in [-0.25, -0.2) is 0 Å². The summed E-state index contributed by atoms with van der Waals surface area (Å²) in [6, 6.07) is 3.19. The van der Waals surface area contributed by atoms with Crippen LogP contribution in [0, 0.1) is 17.8 Å². The largest absolute Gasteiger partial charge is 0.443 e. The van der Waals surface area contributed by atoms with E-state index < -0.39 is 5.60 Å². The maximum Gasteiger partial charge on any atom is 0.287 e. The van der Waals surface area contributed by atoms with Gasteiger partial charge in [-0.2, -0.15) is 0 Å². The fourth-order valence-electron chi connectivity index (χ4n) is 2.66. The zero-order valence-electron chi connectivity index (χ0n) is 14.3. The number of piperidine rings is 1. The van der Waals surface area contributed by atoms with Crippen LogP contribution in [0.2, 0.25) is 0 Å². The van der Waals surface area contributed by atoms with Gasteiger partial charge in [0.25, 0.3) is 5.91 Å². The average Bonchev–Trinajstić information content (AvgIpc) is 3.01. The maximum absolute atomic E-state index is 12.1. The molecule has 132 valence electrons. The van der Waals surface area contributed by atoms with Gasteiger partial charge in [0.2, 0.25) is 0 Å². The van der Waals surface area contributed by atoms with E-state index in [1.54, 1.807) is 26.0 Å². The van der Waals surface area contributed by atoms with Gasteiger partial charge < -0.3 is 24.8 Å². The molecule has 0 radical (unpaired) electrons. The van der Waals surface area contributed by atoms with E-state index in [0.29, 0.717) is 18.2 Å². The lowest BCUT2D eigenvalue weighted by Crippen LogP contribution is -2.41. The van der Waals surface area contributed by atoms with Crippen molar-refractivity contribution in [2.45, 2.75) is 32.3 Å². The highest BCUT2D eigenvalue weighted by atomic mass is 16.3. The molecule has 3 N–H and O–H groups in total. The Bertz CT molecular complexity index is 607. The first-order valence-electron chi connectivity index (χ1n) is 8.34. The molecule has 0 saturated carbocycles. The van der Waals surface area contributed by atoms with Crippen molar-refractivity contribution in [3.05, 3.63) is 23.7 Å². The highest BCUT2D eigenvalue weighted by Gasteiger charge is 2.19. The zero-order valence-corrected chi connectivity index (χ0v) is 14.3. The standard InChI is InChI=1S/C18H26N2O4/c1-18(2,23)8-7-15-5-6-16(24-15)17(22)19-9-11-20-10-3-4-14(12-20)13-21/h5-6,14,21,23H,3-4,9-13H2,1-2H3,(H,19,22).